The molecule has 5 rings (SSSR count). The van der Waals surface area contributed by atoms with E-state index in [4.69, 9.17) is 0 Å². The fraction of sp³-hybridized carbons (Fsp3) is 0.417. The molecule has 0 N–H and O–H groups in total. The van der Waals surface area contributed by atoms with Gasteiger partial charge in [-0.25, -0.2) is 4.68 Å². The molecule has 0 unspecified atom stereocenters. The molecule has 0 atom stereocenters. The highest BCUT2D eigenvalue weighted by atomic mass is 16.2. The zero-order valence-electron chi connectivity index (χ0n) is 18.3. The SMILES string of the molecule is O=C(c1cccc(-n2cccn2)c1)N1CCN(c2ccc(N3CCCCCC3)nn2)CC1. The summed E-state index contributed by atoms with van der Waals surface area (Å²) in [6, 6.07) is 13.7. The van der Waals surface area contributed by atoms with Crippen LogP contribution in [0.15, 0.2) is 54.9 Å². The summed E-state index contributed by atoms with van der Waals surface area (Å²) in [6.45, 7) is 4.97. The standard InChI is InChI=1S/C24H29N7O/c32-24(20-7-5-8-21(19-20)31-14-6-11-25-31)30-17-15-29(16-18-30)23-10-9-22(26-27-23)28-12-3-1-2-4-13-28/h5-11,14,19H,1-4,12-13,15-18H2. The number of amides is 1. The first-order chi connectivity index (χ1) is 15.8. The zero-order chi connectivity index (χ0) is 21.8. The van der Waals surface area contributed by atoms with E-state index in [1.807, 2.05) is 41.4 Å². The van der Waals surface area contributed by atoms with Crippen LogP contribution in [0.4, 0.5) is 11.6 Å². The Hall–Kier alpha value is -3.42. The number of carbonyl (C=O) groups excluding carboxylic acids is 1. The summed E-state index contributed by atoms with van der Waals surface area (Å²) in [6.07, 6.45) is 8.67. The lowest BCUT2D eigenvalue weighted by Gasteiger charge is -2.35. The molecule has 3 aromatic rings. The minimum atomic E-state index is 0.0567. The van der Waals surface area contributed by atoms with Crippen molar-refractivity contribution in [1.82, 2.24) is 24.9 Å². The summed E-state index contributed by atoms with van der Waals surface area (Å²) in [5.41, 5.74) is 1.58. The summed E-state index contributed by atoms with van der Waals surface area (Å²) in [4.78, 5) is 19.5. The summed E-state index contributed by atoms with van der Waals surface area (Å²) in [5.74, 6) is 1.92. The second-order valence-electron chi connectivity index (χ2n) is 8.43. The van der Waals surface area contributed by atoms with Crippen molar-refractivity contribution >= 4 is 17.5 Å². The topological polar surface area (TPSA) is 70.4 Å². The maximum absolute atomic E-state index is 13.1. The lowest BCUT2D eigenvalue weighted by molar-refractivity contribution is 0.0746. The van der Waals surface area contributed by atoms with Gasteiger partial charge in [0.2, 0.25) is 0 Å². The molecule has 166 valence electrons. The van der Waals surface area contributed by atoms with Gasteiger partial charge in [-0.3, -0.25) is 4.79 Å². The Morgan fingerprint density at radius 3 is 2.06 bits per heavy atom. The molecule has 8 heteroatoms. The Morgan fingerprint density at radius 1 is 0.750 bits per heavy atom. The Labute approximate surface area is 188 Å². The molecule has 0 spiro atoms. The van der Waals surface area contributed by atoms with Crippen molar-refractivity contribution < 1.29 is 4.79 Å². The molecular weight excluding hydrogens is 402 g/mol. The van der Waals surface area contributed by atoms with Gasteiger partial charge < -0.3 is 14.7 Å². The van der Waals surface area contributed by atoms with Crippen molar-refractivity contribution in [2.75, 3.05) is 49.1 Å². The third-order valence-electron chi connectivity index (χ3n) is 6.32. The molecule has 2 saturated heterocycles. The van der Waals surface area contributed by atoms with E-state index in [0.29, 0.717) is 18.7 Å². The third-order valence-corrected chi connectivity index (χ3v) is 6.32. The highest BCUT2D eigenvalue weighted by Crippen LogP contribution is 2.20. The summed E-state index contributed by atoms with van der Waals surface area (Å²) in [7, 11) is 0. The van der Waals surface area contributed by atoms with Gasteiger partial charge in [-0.1, -0.05) is 18.9 Å². The van der Waals surface area contributed by atoms with Crippen molar-refractivity contribution in [2.24, 2.45) is 0 Å². The molecule has 0 radical (unpaired) electrons. The minimum absolute atomic E-state index is 0.0567. The molecule has 1 aromatic carbocycles. The number of rotatable bonds is 4. The molecule has 0 aliphatic carbocycles. The normalized spacial score (nSPS) is 17.3. The highest BCUT2D eigenvalue weighted by molar-refractivity contribution is 5.95. The van der Waals surface area contributed by atoms with Crippen LogP contribution in [0.1, 0.15) is 36.0 Å². The van der Waals surface area contributed by atoms with Crippen molar-refractivity contribution in [3.05, 3.63) is 60.4 Å². The molecule has 2 fully saturated rings. The van der Waals surface area contributed by atoms with Crippen LogP contribution in [0, 0.1) is 0 Å². The molecule has 0 saturated carbocycles. The number of carbonyl (C=O) groups is 1. The van der Waals surface area contributed by atoms with Crippen LogP contribution in [-0.4, -0.2) is 70.1 Å². The quantitative estimate of drug-likeness (QED) is 0.633. The van der Waals surface area contributed by atoms with E-state index in [0.717, 1.165) is 43.5 Å². The molecule has 4 heterocycles. The fourth-order valence-electron chi connectivity index (χ4n) is 4.48. The van der Waals surface area contributed by atoms with Crippen LogP contribution < -0.4 is 9.80 Å². The van der Waals surface area contributed by atoms with Gasteiger partial charge in [0.15, 0.2) is 11.6 Å². The largest absolute Gasteiger partial charge is 0.355 e. The smallest absolute Gasteiger partial charge is 0.254 e. The predicted octanol–water partition coefficient (Wildman–Crippen LogP) is 3.01. The number of benzene rings is 1. The van der Waals surface area contributed by atoms with Gasteiger partial charge in [-0.2, -0.15) is 5.10 Å². The van der Waals surface area contributed by atoms with Gasteiger partial charge in [-0.05, 0) is 49.2 Å². The highest BCUT2D eigenvalue weighted by Gasteiger charge is 2.23. The number of anilines is 2. The maximum atomic E-state index is 13.1. The van der Waals surface area contributed by atoms with Gasteiger partial charge in [0.1, 0.15) is 0 Å². The molecule has 0 bridgehead atoms. The van der Waals surface area contributed by atoms with Gasteiger partial charge in [0, 0.05) is 57.2 Å². The molecule has 2 aliphatic heterocycles. The van der Waals surface area contributed by atoms with Gasteiger partial charge in [0.05, 0.1) is 5.69 Å². The molecule has 2 aromatic heterocycles. The van der Waals surface area contributed by atoms with E-state index in [2.05, 4.69) is 37.2 Å². The first-order valence-corrected chi connectivity index (χ1v) is 11.5. The Bertz CT molecular complexity index is 1020. The number of nitrogens with zero attached hydrogens (tertiary/aromatic N) is 7. The summed E-state index contributed by atoms with van der Waals surface area (Å²) in [5, 5.41) is 13.3. The van der Waals surface area contributed by atoms with Crippen LogP contribution in [0.25, 0.3) is 5.69 Å². The number of aromatic nitrogens is 4. The molecular formula is C24H29N7O. The maximum Gasteiger partial charge on any atom is 0.254 e. The average Bonchev–Trinajstić information content (AvgIpc) is 3.27. The van der Waals surface area contributed by atoms with Crippen molar-refractivity contribution in [3.63, 3.8) is 0 Å². The second kappa shape index (κ2) is 9.38. The van der Waals surface area contributed by atoms with Gasteiger partial charge in [-0.15, -0.1) is 10.2 Å². The van der Waals surface area contributed by atoms with E-state index in [1.165, 1.54) is 25.7 Å². The van der Waals surface area contributed by atoms with Crippen LogP contribution in [-0.2, 0) is 0 Å². The third kappa shape index (κ3) is 4.44. The van der Waals surface area contributed by atoms with E-state index >= 15 is 0 Å². The number of piperazine rings is 1. The van der Waals surface area contributed by atoms with E-state index in [9.17, 15) is 4.79 Å². The van der Waals surface area contributed by atoms with Crippen LogP contribution >= 0.6 is 0 Å². The van der Waals surface area contributed by atoms with Crippen molar-refractivity contribution in [1.29, 1.82) is 0 Å². The lowest BCUT2D eigenvalue weighted by Crippen LogP contribution is -2.49. The minimum Gasteiger partial charge on any atom is -0.355 e. The van der Waals surface area contributed by atoms with E-state index < -0.39 is 0 Å². The molecule has 8 nitrogen and oxygen atoms in total. The predicted molar refractivity (Wildman–Crippen MR) is 124 cm³/mol. The average molecular weight is 432 g/mol. The molecule has 1 amide bonds. The summed E-state index contributed by atoms with van der Waals surface area (Å²) >= 11 is 0. The van der Waals surface area contributed by atoms with Crippen molar-refractivity contribution in [3.8, 4) is 5.69 Å². The van der Waals surface area contributed by atoms with Crippen LogP contribution in [0.2, 0.25) is 0 Å². The lowest BCUT2D eigenvalue weighted by atomic mass is 10.1. The number of hydrogen-bond acceptors (Lipinski definition) is 6. The van der Waals surface area contributed by atoms with Gasteiger partial charge in [0.25, 0.3) is 5.91 Å². The number of hydrogen-bond donors (Lipinski definition) is 0. The van der Waals surface area contributed by atoms with E-state index in [1.54, 1.807) is 10.9 Å². The van der Waals surface area contributed by atoms with Gasteiger partial charge >= 0.3 is 0 Å². The Balaban J connectivity index is 1.20. The van der Waals surface area contributed by atoms with Crippen molar-refractivity contribution in [2.45, 2.75) is 25.7 Å². The zero-order valence-corrected chi connectivity index (χ0v) is 18.3. The van der Waals surface area contributed by atoms with Crippen LogP contribution in [0.5, 0.6) is 0 Å². The molecule has 32 heavy (non-hydrogen) atoms. The van der Waals surface area contributed by atoms with E-state index in [-0.39, 0.29) is 5.91 Å². The first kappa shape index (κ1) is 20.5. The first-order valence-electron chi connectivity index (χ1n) is 11.5. The Morgan fingerprint density at radius 2 is 1.44 bits per heavy atom. The fourth-order valence-corrected chi connectivity index (χ4v) is 4.48. The Kier molecular flexibility index (Phi) is 6.00. The molecule has 2 aliphatic rings. The second-order valence-corrected chi connectivity index (χ2v) is 8.43. The summed E-state index contributed by atoms with van der Waals surface area (Å²) < 4.78 is 1.77. The van der Waals surface area contributed by atoms with Crippen LogP contribution in [0.3, 0.4) is 0 Å². The monoisotopic (exact) mass is 431 g/mol.